The third-order valence-electron chi connectivity index (χ3n) is 4.61. The Kier molecular flexibility index (Phi) is 5.44. The van der Waals surface area contributed by atoms with E-state index in [4.69, 9.17) is 4.74 Å². The van der Waals surface area contributed by atoms with Gasteiger partial charge in [0.25, 0.3) is 0 Å². The molecule has 1 aliphatic rings. The number of piperidine rings is 1. The van der Waals surface area contributed by atoms with Crippen LogP contribution in [0.3, 0.4) is 0 Å². The predicted molar refractivity (Wildman–Crippen MR) is 84.3 cm³/mol. The number of nitrogens with one attached hydrogen (secondary N) is 1. The van der Waals surface area contributed by atoms with Crippen LogP contribution in [0.5, 0.6) is 5.75 Å². The maximum Gasteiger partial charge on any atom is 0.119 e. The molecule has 1 fully saturated rings. The van der Waals surface area contributed by atoms with Gasteiger partial charge in [0.1, 0.15) is 5.75 Å². The van der Waals surface area contributed by atoms with Crippen LogP contribution in [0.15, 0.2) is 24.3 Å². The minimum Gasteiger partial charge on any atom is -0.497 e. The van der Waals surface area contributed by atoms with Crippen LogP contribution in [0.2, 0.25) is 0 Å². The van der Waals surface area contributed by atoms with Crippen molar-refractivity contribution in [3.8, 4) is 5.75 Å². The van der Waals surface area contributed by atoms with Crippen LogP contribution < -0.4 is 10.1 Å². The maximum atomic E-state index is 5.34. The van der Waals surface area contributed by atoms with Crippen LogP contribution in [0.4, 0.5) is 0 Å². The minimum absolute atomic E-state index is 0.355. The summed E-state index contributed by atoms with van der Waals surface area (Å²) in [6, 6.07) is 10.1. The second-order valence-corrected chi connectivity index (χ2v) is 5.94. The summed E-state index contributed by atoms with van der Waals surface area (Å²) in [5.41, 5.74) is 1.30. The van der Waals surface area contributed by atoms with Crippen molar-refractivity contribution < 1.29 is 4.74 Å². The lowest BCUT2D eigenvalue weighted by atomic mass is 9.95. The van der Waals surface area contributed by atoms with Gasteiger partial charge in [0, 0.05) is 24.7 Å². The molecule has 3 heteroatoms. The zero-order valence-corrected chi connectivity index (χ0v) is 13.2. The molecule has 3 unspecified atom stereocenters. The Morgan fingerprint density at radius 2 is 2.00 bits per heavy atom. The fourth-order valence-electron chi connectivity index (χ4n) is 3.27. The van der Waals surface area contributed by atoms with Gasteiger partial charge in [-0.2, -0.15) is 0 Å². The summed E-state index contributed by atoms with van der Waals surface area (Å²) >= 11 is 0. The Hall–Kier alpha value is -1.06. The fourth-order valence-corrected chi connectivity index (χ4v) is 3.27. The monoisotopic (exact) mass is 276 g/mol. The lowest BCUT2D eigenvalue weighted by Crippen LogP contribution is -2.47. The highest BCUT2D eigenvalue weighted by atomic mass is 16.5. The Morgan fingerprint density at radius 3 is 2.60 bits per heavy atom. The van der Waals surface area contributed by atoms with Gasteiger partial charge in [0.05, 0.1) is 7.11 Å². The molecule has 0 spiro atoms. The molecule has 0 aromatic heterocycles. The molecular weight excluding hydrogens is 248 g/mol. The van der Waals surface area contributed by atoms with Crippen molar-refractivity contribution in [2.45, 2.75) is 51.2 Å². The summed E-state index contributed by atoms with van der Waals surface area (Å²) in [5, 5.41) is 3.46. The van der Waals surface area contributed by atoms with Crippen molar-refractivity contribution in [1.29, 1.82) is 0 Å². The molecule has 0 amide bonds. The summed E-state index contributed by atoms with van der Waals surface area (Å²) in [5.74, 6) is 0.933. The van der Waals surface area contributed by atoms with Crippen molar-refractivity contribution in [3.05, 3.63) is 29.8 Å². The molecule has 0 aliphatic carbocycles. The van der Waals surface area contributed by atoms with Gasteiger partial charge in [-0.05, 0) is 51.4 Å². The van der Waals surface area contributed by atoms with E-state index < -0.39 is 0 Å². The molecule has 0 radical (unpaired) electrons. The van der Waals surface area contributed by atoms with E-state index in [9.17, 15) is 0 Å². The number of benzene rings is 1. The molecule has 0 saturated carbocycles. The van der Waals surface area contributed by atoms with Crippen LogP contribution in [0, 0.1) is 0 Å². The van der Waals surface area contributed by atoms with Gasteiger partial charge in [-0.3, -0.25) is 4.90 Å². The normalized spacial score (nSPS) is 25.4. The molecule has 1 N–H and O–H groups in total. The molecule has 3 nitrogen and oxygen atoms in total. The van der Waals surface area contributed by atoms with Crippen LogP contribution >= 0.6 is 0 Å². The molecule has 3 atom stereocenters. The summed E-state index contributed by atoms with van der Waals surface area (Å²) < 4.78 is 5.34. The van der Waals surface area contributed by atoms with Crippen LogP contribution in [0.1, 0.15) is 44.7 Å². The van der Waals surface area contributed by atoms with Crippen molar-refractivity contribution in [3.63, 3.8) is 0 Å². The average Bonchev–Trinajstić information content (AvgIpc) is 2.47. The average molecular weight is 276 g/mol. The Bertz CT molecular complexity index is 411. The van der Waals surface area contributed by atoms with E-state index in [0.717, 1.165) is 12.3 Å². The summed E-state index contributed by atoms with van der Waals surface area (Å²) in [6.45, 7) is 5.77. The highest BCUT2D eigenvalue weighted by molar-refractivity contribution is 5.30. The number of nitrogens with zero attached hydrogens (tertiary/aromatic N) is 1. The van der Waals surface area contributed by atoms with Gasteiger partial charge in [0.2, 0.25) is 0 Å². The first kappa shape index (κ1) is 15.3. The van der Waals surface area contributed by atoms with E-state index in [1.165, 1.54) is 24.8 Å². The number of likely N-dealkylation sites (N-methyl/N-ethyl adjacent to an activating group) is 1. The van der Waals surface area contributed by atoms with E-state index in [2.05, 4.69) is 42.3 Å². The first-order valence-electron chi connectivity index (χ1n) is 7.72. The van der Waals surface area contributed by atoms with E-state index >= 15 is 0 Å². The molecule has 2 rings (SSSR count). The first-order chi connectivity index (χ1) is 9.65. The third-order valence-corrected chi connectivity index (χ3v) is 4.61. The van der Waals surface area contributed by atoms with E-state index in [-0.39, 0.29) is 0 Å². The number of methoxy groups -OCH3 is 1. The zero-order chi connectivity index (χ0) is 14.5. The molecule has 1 aliphatic heterocycles. The van der Waals surface area contributed by atoms with E-state index in [1.807, 2.05) is 13.1 Å². The van der Waals surface area contributed by atoms with Crippen molar-refractivity contribution in [2.75, 3.05) is 20.7 Å². The summed E-state index contributed by atoms with van der Waals surface area (Å²) in [7, 11) is 3.77. The highest BCUT2D eigenvalue weighted by Crippen LogP contribution is 2.26. The van der Waals surface area contributed by atoms with Gasteiger partial charge in [0.15, 0.2) is 0 Å². The molecule has 112 valence electrons. The highest BCUT2D eigenvalue weighted by Gasteiger charge is 2.27. The molecule has 1 aromatic rings. The quantitative estimate of drug-likeness (QED) is 0.893. The van der Waals surface area contributed by atoms with E-state index in [0.29, 0.717) is 18.1 Å². The number of ether oxygens (including phenoxy) is 1. The molecular formula is C17H28N2O. The molecule has 1 aromatic carbocycles. The van der Waals surface area contributed by atoms with Crippen molar-refractivity contribution >= 4 is 0 Å². The number of likely N-dealkylation sites (tertiary alicyclic amines) is 1. The Morgan fingerprint density at radius 1 is 1.30 bits per heavy atom. The van der Waals surface area contributed by atoms with Crippen LogP contribution in [-0.4, -0.2) is 37.7 Å². The molecule has 20 heavy (non-hydrogen) atoms. The number of hydrogen-bond acceptors (Lipinski definition) is 3. The third kappa shape index (κ3) is 3.53. The van der Waals surface area contributed by atoms with Crippen LogP contribution in [-0.2, 0) is 0 Å². The summed E-state index contributed by atoms with van der Waals surface area (Å²) in [6.07, 6.45) is 4.00. The second kappa shape index (κ2) is 7.09. The molecule has 0 bridgehead atoms. The first-order valence-corrected chi connectivity index (χ1v) is 7.72. The van der Waals surface area contributed by atoms with Gasteiger partial charge < -0.3 is 10.1 Å². The zero-order valence-electron chi connectivity index (χ0n) is 13.2. The van der Waals surface area contributed by atoms with Gasteiger partial charge in [-0.25, -0.2) is 0 Å². The summed E-state index contributed by atoms with van der Waals surface area (Å²) in [4.78, 5) is 2.64. The topological polar surface area (TPSA) is 24.5 Å². The van der Waals surface area contributed by atoms with Gasteiger partial charge in [-0.15, -0.1) is 0 Å². The largest absolute Gasteiger partial charge is 0.497 e. The fraction of sp³-hybridized carbons (Fsp3) is 0.647. The lowest BCUT2D eigenvalue weighted by molar-refractivity contribution is 0.0920. The van der Waals surface area contributed by atoms with Crippen LogP contribution in [0.25, 0.3) is 0 Å². The lowest BCUT2D eigenvalue weighted by Gasteiger charge is -2.41. The maximum absolute atomic E-state index is 5.34. The Labute approximate surface area is 123 Å². The molecule has 1 heterocycles. The standard InChI is InChI=1S/C17H28N2O/c1-13-7-5-8-14(2)19(13)12-17(18-3)15-9-6-10-16(11-15)20-4/h6,9-11,13-14,17-18H,5,7-8,12H2,1-4H3. The molecule has 1 saturated heterocycles. The van der Waals surface area contributed by atoms with Gasteiger partial charge in [-0.1, -0.05) is 18.6 Å². The number of hydrogen-bond donors (Lipinski definition) is 1. The number of rotatable bonds is 5. The van der Waals surface area contributed by atoms with Crippen molar-refractivity contribution in [1.82, 2.24) is 10.2 Å². The van der Waals surface area contributed by atoms with E-state index in [1.54, 1.807) is 7.11 Å². The SMILES string of the molecule is CNC(CN1C(C)CCCC1C)c1cccc(OC)c1. The van der Waals surface area contributed by atoms with Crippen molar-refractivity contribution in [2.24, 2.45) is 0 Å². The smallest absolute Gasteiger partial charge is 0.119 e. The Balaban J connectivity index is 2.11. The van der Waals surface area contributed by atoms with Gasteiger partial charge >= 0.3 is 0 Å². The second-order valence-electron chi connectivity index (χ2n) is 5.94. The minimum atomic E-state index is 0.355. The predicted octanol–water partition coefficient (Wildman–Crippen LogP) is 3.22.